The van der Waals surface area contributed by atoms with E-state index in [-0.39, 0.29) is 5.91 Å². The van der Waals surface area contributed by atoms with Gasteiger partial charge in [-0.3, -0.25) is 14.7 Å². The fraction of sp³-hybridized carbons (Fsp3) is 0.444. The molecule has 0 N–H and O–H groups in total. The zero-order chi connectivity index (χ0) is 16.2. The monoisotopic (exact) mass is 329 g/mol. The summed E-state index contributed by atoms with van der Waals surface area (Å²) in [6, 6.07) is 6.12. The van der Waals surface area contributed by atoms with Gasteiger partial charge in [0.1, 0.15) is 0 Å². The largest absolute Gasteiger partial charge is 0.335 e. The van der Waals surface area contributed by atoms with Crippen LogP contribution in [-0.4, -0.2) is 46.9 Å². The van der Waals surface area contributed by atoms with Crippen LogP contribution in [0.3, 0.4) is 0 Å². The molecule has 1 saturated heterocycles. The number of hydrogen-bond donors (Lipinski definition) is 0. The van der Waals surface area contributed by atoms with E-state index in [1.54, 1.807) is 17.5 Å². The van der Waals surface area contributed by atoms with Crippen LogP contribution in [0, 0.1) is 6.92 Å². The second-order valence-electron chi connectivity index (χ2n) is 6.00. The first-order valence-electron chi connectivity index (χ1n) is 8.17. The van der Waals surface area contributed by atoms with Crippen molar-refractivity contribution in [1.82, 2.24) is 14.8 Å². The molecule has 0 aliphatic carbocycles. The molecule has 3 heterocycles. The van der Waals surface area contributed by atoms with Gasteiger partial charge in [0, 0.05) is 50.0 Å². The lowest BCUT2D eigenvalue weighted by atomic mass is 10.2. The zero-order valence-corrected chi connectivity index (χ0v) is 14.6. The topological polar surface area (TPSA) is 36.4 Å². The maximum atomic E-state index is 12.7. The highest BCUT2D eigenvalue weighted by molar-refractivity contribution is 7.14. The van der Waals surface area contributed by atoms with Gasteiger partial charge < -0.3 is 4.90 Å². The SMILES string of the molecule is CCc1sc(C(=O)N2CCN(Cc3cccnc3)CC2)cc1C. The Morgan fingerprint density at radius 3 is 2.70 bits per heavy atom. The van der Waals surface area contributed by atoms with Gasteiger partial charge in [-0.05, 0) is 36.6 Å². The number of hydrogen-bond acceptors (Lipinski definition) is 4. The second kappa shape index (κ2) is 7.23. The van der Waals surface area contributed by atoms with Crippen LogP contribution in [-0.2, 0) is 13.0 Å². The summed E-state index contributed by atoms with van der Waals surface area (Å²) in [7, 11) is 0. The smallest absolute Gasteiger partial charge is 0.264 e. The molecule has 122 valence electrons. The molecule has 0 atom stereocenters. The molecule has 5 heteroatoms. The molecular formula is C18H23N3OS. The molecule has 4 nitrogen and oxygen atoms in total. The van der Waals surface area contributed by atoms with Gasteiger partial charge >= 0.3 is 0 Å². The van der Waals surface area contributed by atoms with Crippen molar-refractivity contribution in [3.63, 3.8) is 0 Å². The van der Waals surface area contributed by atoms with Crippen molar-refractivity contribution < 1.29 is 4.79 Å². The van der Waals surface area contributed by atoms with Crippen LogP contribution in [0.2, 0.25) is 0 Å². The zero-order valence-electron chi connectivity index (χ0n) is 13.8. The van der Waals surface area contributed by atoms with Crippen molar-refractivity contribution >= 4 is 17.2 Å². The Morgan fingerprint density at radius 2 is 2.09 bits per heavy atom. The highest BCUT2D eigenvalue weighted by atomic mass is 32.1. The Balaban J connectivity index is 1.56. The number of amides is 1. The summed E-state index contributed by atoms with van der Waals surface area (Å²) in [6.07, 6.45) is 4.72. The number of aromatic nitrogens is 1. The van der Waals surface area contributed by atoms with Crippen LogP contribution in [0.4, 0.5) is 0 Å². The van der Waals surface area contributed by atoms with Crippen molar-refractivity contribution in [2.24, 2.45) is 0 Å². The van der Waals surface area contributed by atoms with E-state index >= 15 is 0 Å². The number of piperazine rings is 1. The Morgan fingerprint density at radius 1 is 1.30 bits per heavy atom. The minimum Gasteiger partial charge on any atom is -0.335 e. The predicted molar refractivity (Wildman–Crippen MR) is 93.9 cm³/mol. The third kappa shape index (κ3) is 3.79. The molecule has 0 saturated carbocycles. The van der Waals surface area contributed by atoms with E-state index in [9.17, 15) is 4.79 Å². The molecule has 0 spiro atoms. The highest BCUT2D eigenvalue weighted by Crippen LogP contribution is 2.24. The average Bonchev–Trinajstić information content (AvgIpc) is 2.97. The molecule has 0 unspecified atom stereocenters. The first-order valence-corrected chi connectivity index (χ1v) is 8.99. The van der Waals surface area contributed by atoms with Gasteiger partial charge in [0.05, 0.1) is 4.88 Å². The third-order valence-corrected chi connectivity index (χ3v) is 5.71. The van der Waals surface area contributed by atoms with Gasteiger partial charge in [0.2, 0.25) is 0 Å². The normalized spacial score (nSPS) is 15.8. The van der Waals surface area contributed by atoms with E-state index in [4.69, 9.17) is 0 Å². The Hall–Kier alpha value is -1.72. The van der Waals surface area contributed by atoms with Crippen LogP contribution in [0.5, 0.6) is 0 Å². The molecule has 23 heavy (non-hydrogen) atoms. The molecule has 2 aromatic heterocycles. The minimum atomic E-state index is 0.193. The van der Waals surface area contributed by atoms with Gasteiger partial charge in [-0.25, -0.2) is 0 Å². The number of rotatable bonds is 4. The van der Waals surface area contributed by atoms with Crippen molar-refractivity contribution in [2.75, 3.05) is 26.2 Å². The van der Waals surface area contributed by atoms with Crippen molar-refractivity contribution in [3.8, 4) is 0 Å². The Bertz CT molecular complexity index is 660. The summed E-state index contributed by atoms with van der Waals surface area (Å²) >= 11 is 1.65. The summed E-state index contributed by atoms with van der Waals surface area (Å²) < 4.78 is 0. The first-order chi connectivity index (χ1) is 11.2. The maximum Gasteiger partial charge on any atom is 0.264 e. The van der Waals surface area contributed by atoms with Gasteiger partial charge in [-0.1, -0.05) is 13.0 Å². The number of carbonyl (C=O) groups excluding carboxylic acids is 1. The molecule has 0 bridgehead atoms. The lowest BCUT2D eigenvalue weighted by molar-refractivity contribution is 0.0633. The minimum absolute atomic E-state index is 0.193. The van der Waals surface area contributed by atoms with E-state index in [0.29, 0.717) is 0 Å². The van der Waals surface area contributed by atoms with Crippen LogP contribution in [0.1, 0.15) is 32.6 Å². The Labute approximate surface area is 141 Å². The third-order valence-electron chi connectivity index (χ3n) is 4.34. The number of pyridine rings is 1. The fourth-order valence-electron chi connectivity index (χ4n) is 2.99. The summed E-state index contributed by atoms with van der Waals surface area (Å²) in [4.78, 5) is 23.4. The van der Waals surface area contributed by atoms with Crippen LogP contribution in [0.15, 0.2) is 30.6 Å². The average molecular weight is 329 g/mol. The van der Waals surface area contributed by atoms with Gasteiger partial charge in [-0.2, -0.15) is 0 Å². The summed E-state index contributed by atoms with van der Waals surface area (Å²) in [6.45, 7) is 8.60. The molecule has 0 radical (unpaired) electrons. The van der Waals surface area contributed by atoms with E-state index < -0.39 is 0 Å². The van der Waals surface area contributed by atoms with E-state index in [1.807, 2.05) is 23.2 Å². The lowest BCUT2D eigenvalue weighted by Gasteiger charge is -2.34. The summed E-state index contributed by atoms with van der Waals surface area (Å²) in [5.41, 5.74) is 2.48. The summed E-state index contributed by atoms with van der Waals surface area (Å²) in [5.74, 6) is 0.193. The fourth-order valence-corrected chi connectivity index (χ4v) is 4.07. The molecule has 1 amide bonds. The standard InChI is InChI=1S/C18H23N3OS/c1-3-16-14(2)11-17(23-16)18(22)21-9-7-20(8-10-21)13-15-5-4-6-19-12-15/h4-6,11-12H,3,7-10,13H2,1-2H3. The van der Waals surface area contributed by atoms with Gasteiger partial charge in [0.25, 0.3) is 5.91 Å². The molecule has 3 rings (SSSR count). The highest BCUT2D eigenvalue weighted by Gasteiger charge is 2.23. The quantitative estimate of drug-likeness (QED) is 0.865. The van der Waals surface area contributed by atoms with E-state index in [1.165, 1.54) is 16.0 Å². The van der Waals surface area contributed by atoms with Crippen LogP contribution < -0.4 is 0 Å². The first kappa shape index (κ1) is 16.1. The number of nitrogens with zero attached hydrogens (tertiary/aromatic N) is 3. The molecule has 1 aliphatic heterocycles. The molecule has 2 aromatic rings. The van der Waals surface area contributed by atoms with Crippen molar-refractivity contribution in [2.45, 2.75) is 26.8 Å². The molecule has 1 fully saturated rings. The Kier molecular flexibility index (Phi) is 5.08. The van der Waals surface area contributed by atoms with Gasteiger partial charge in [-0.15, -0.1) is 11.3 Å². The molecule has 1 aliphatic rings. The second-order valence-corrected chi connectivity index (χ2v) is 7.14. The van der Waals surface area contributed by atoms with Crippen molar-refractivity contribution in [1.29, 1.82) is 0 Å². The van der Waals surface area contributed by atoms with Crippen molar-refractivity contribution in [3.05, 3.63) is 51.5 Å². The summed E-state index contributed by atoms with van der Waals surface area (Å²) in [5, 5.41) is 0. The lowest BCUT2D eigenvalue weighted by Crippen LogP contribution is -2.48. The predicted octanol–water partition coefficient (Wildman–Crippen LogP) is 2.97. The van der Waals surface area contributed by atoms with Crippen LogP contribution in [0.25, 0.3) is 0 Å². The van der Waals surface area contributed by atoms with E-state index in [0.717, 1.165) is 44.0 Å². The van der Waals surface area contributed by atoms with Crippen LogP contribution >= 0.6 is 11.3 Å². The molecular weight excluding hydrogens is 306 g/mol. The number of carbonyl (C=O) groups is 1. The van der Waals surface area contributed by atoms with E-state index in [2.05, 4.69) is 29.8 Å². The molecule has 0 aromatic carbocycles. The van der Waals surface area contributed by atoms with Gasteiger partial charge in [0.15, 0.2) is 0 Å². The maximum absolute atomic E-state index is 12.7. The number of aryl methyl sites for hydroxylation is 2. The number of thiophene rings is 1.